The normalized spacial score (nSPS) is 12.1. The van der Waals surface area contributed by atoms with Crippen molar-refractivity contribution in [3.05, 3.63) is 66.9 Å². The molecule has 214 valence electrons. The highest BCUT2D eigenvalue weighted by atomic mass is 35.5. The number of rotatable bonds is 5. The molecule has 2 atom stereocenters. The van der Waals surface area contributed by atoms with Gasteiger partial charge in [0.2, 0.25) is 0 Å². The summed E-state index contributed by atoms with van der Waals surface area (Å²) in [5, 5.41) is 27.7. The van der Waals surface area contributed by atoms with Gasteiger partial charge in [0.15, 0.2) is 11.4 Å². The summed E-state index contributed by atoms with van der Waals surface area (Å²) in [6.07, 6.45) is 1.43. The number of aryl methyl sites for hydroxylation is 2. The fourth-order valence-electron chi connectivity index (χ4n) is 3.76. The third-order valence-corrected chi connectivity index (χ3v) is 9.00. The largest absolute Gasteiger partial charge is 0.383 e. The Labute approximate surface area is 261 Å². The first-order valence-electron chi connectivity index (χ1n) is 11.5. The zero-order valence-electron chi connectivity index (χ0n) is 22.0. The number of nitrogens with two attached hydrogens (primary N) is 2. The van der Waals surface area contributed by atoms with Gasteiger partial charge in [-0.1, -0.05) is 53.3 Å². The molecule has 41 heavy (non-hydrogen) atoms. The molecule has 4 aromatic rings. The molecule has 0 bridgehead atoms. The number of hydrogen-bond donors (Lipinski definition) is 2. The van der Waals surface area contributed by atoms with E-state index in [1.54, 1.807) is 31.2 Å². The highest BCUT2D eigenvalue weighted by Gasteiger charge is 2.24. The molecule has 4 N–H and O–H groups in total. The maximum atomic E-state index is 12.0. The van der Waals surface area contributed by atoms with Crippen molar-refractivity contribution in [2.45, 2.75) is 30.6 Å². The van der Waals surface area contributed by atoms with Gasteiger partial charge < -0.3 is 11.5 Å². The van der Waals surface area contributed by atoms with E-state index in [0.717, 1.165) is 11.1 Å². The third-order valence-electron chi connectivity index (χ3n) is 5.49. The van der Waals surface area contributed by atoms with Gasteiger partial charge in [0.05, 0.1) is 41.7 Å². The Morgan fingerprint density at radius 3 is 1.41 bits per heavy atom. The predicted octanol–water partition coefficient (Wildman–Crippen LogP) is 5.75. The van der Waals surface area contributed by atoms with Crippen LogP contribution >= 0.6 is 46.4 Å². The maximum Gasteiger partial charge on any atom is 0.181 e. The van der Waals surface area contributed by atoms with Crippen LogP contribution < -0.4 is 11.5 Å². The van der Waals surface area contributed by atoms with Crippen molar-refractivity contribution < 1.29 is 8.42 Å². The second-order valence-electron chi connectivity index (χ2n) is 8.42. The van der Waals surface area contributed by atoms with Crippen LogP contribution in [0.3, 0.4) is 0 Å². The first kappa shape index (κ1) is 32.4. The monoisotopic (exact) mass is 670 g/mol. The molecular formula is C25H22Cl4N8O2S2. The third kappa shape index (κ3) is 6.54. The lowest BCUT2D eigenvalue weighted by Crippen LogP contribution is -2.06. The SMILES string of the molecule is CCS(=O)c1c(C#N)nn(-c2c(Cl)cc(C)cc2Cl)c1N.Cc1cc(Cl)c(-n2nc(C#N)c(S(C)=O)c2N)c(Cl)c1. The van der Waals surface area contributed by atoms with E-state index in [4.69, 9.17) is 68.4 Å². The van der Waals surface area contributed by atoms with Crippen LogP contribution in [-0.4, -0.2) is 40.0 Å². The predicted molar refractivity (Wildman–Crippen MR) is 164 cm³/mol. The number of nitrogens with zero attached hydrogens (tertiary/aromatic N) is 6. The van der Waals surface area contributed by atoms with Crippen LogP contribution in [-0.2, 0) is 21.6 Å². The lowest BCUT2D eigenvalue weighted by Gasteiger charge is -2.10. The Bertz CT molecular complexity index is 1760. The van der Waals surface area contributed by atoms with Gasteiger partial charge in [-0.15, -0.1) is 0 Å². The van der Waals surface area contributed by atoms with Gasteiger partial charge in [0, 0.05) is 12.0 Å². The molecule has 2 aromatic heterocycles. The van der Waals surface area contributed by atoms with Crippen LogP contribution in [0.1, 0.15) is 29.4 Å². The highest BCUT2D eigenvalue weighted by molar-refractivity contribution is 7.85. The molecule has 0 aliphatic carbocycles. The highest BCUT2D eigenvalue weighted by Crippen LogP contribution is 2.35. The van der Waals surface area contributed by atoms with Crippen LogP contribution in [0.4, 0.5) is 11.6 Å². The van der Waals surface area contributed by atoms with Gasteiger partial charge in [0.25, 0.3) is 0 Å². The molecule has 0 amide bonds. The van der Waals surface area contributed by atoms with Crippen molar-refractivity contribution >= 4 is 79.6 Å². The van der Waals surface area contributed by atoms with Crippen LogP contribution in [0.15, 0.2) is 34.1 Å². The summed E-state index contributed by atoms with van der Waals surface area (Å²) in [5.74, 6) is 0.536. The number of anilines is 2. The van der Waals surface area contributed by atoms with E-state index in [-0.39, 0.29) is 32.8 Å². The maximum absolute atomic E-state index is 12.0. The second-order valence-corrected chi connectivity index (χ2v) is 13.0. The zero-order chi connectivity index (χ0) is 30.8. The van der Waals surface area contributed by atoms with Crippen molar-refractivity contribution in [2.75, 3.05) is 23.5 Å². The lowest BCUT2D eigenvalue weighted by molar-refractivity contribution is 0.683. The van der Waals surface area contributed by atoms with Gasteiger partial charge in [-0.2, -0.15) is 20.7 Å². The van der Waals surface area contributed by atoms with E-state index < -0.39 is 21.6 Å². The summed E-state index contributed by atoms with van der Waals surface area (Å²) in [4.78, 5) is 0.396. The van der Waals surface area contributed by atoms with E-state index >= 15 is 0 Å². The minimum Gasteiger partial charge on any atom is -0.383 e. The van der Waals surface area contributed by atoms with Crippen molar-refractivity contribution in [3.8, 4) is 23.5 Å². The van der Waals surface area contributed by atoms with Gasteiger partial charge in [-0.25, -0.2) is 9.36 Å². The molecule has 4 rings (SSSR count). The van der Waals surface area contributed by atoms with E-state index in [2.05, 4.69) is 10.2 Å². The topological polar surface area (TPSA) is 169 Å². The van der Waals surface area contributed by atoms with Crippen molar-refractivity contribution in [1.29, 1.82) is 10.5 Å². The molecule has 0 fully saturated rings. The second kappa shape index (κ2) is 13.3. The Hall–Kier alpha value is -3.10. The van der Waals surface area contributed by atoms with E-state index in [1.807, 2.05) is 26.0 Å². The number of halogens is 4. The van der Waals surface area contributed by atoms with Crippen molar-refractivity contribution in [3.63, 3.8) is 0 Å². The molecule has 0 aliphatic rings. The minimum atomic E-state index is -1.44. The Morgan fingerprint density at radius 1 is 0.780 bits per heavy atom. The molecule has 0 radical (unpaired) electrons. The van der Waals surface area contributed by atoms with Gasteiger partial charge >= 0.3 is 0 Å². The molecule has 10 nitrogen and oxygen atoms in total. The van der Waals surface area contributed by atoms with E-state index in [0.29, 0.717) is 37.2 Å². The molecule has 2 unspecified atom stereocenters. The smallest absolute Gasteiger partial charge is 0.181 e. The number of benzene rings is 2. The molecule has 0 saturated heterocycles. The lowest BCUT2D eigenvalue weighted by atomic mass is 10.2. The summed E-state index contributed by atoms with van der Waals surface area (Å²) >= 11 is 24.7. The van der Waals surface area contributed by atoms with Gasteiger partial charge in [-0.05, 0) is 49.2 Å². The Kier molecular flexibility index (Phi) is 10.5. The zero-order valence-corrected chi connectivity index (χ0v) is 26.7. The van der Waals surface area contributed by atoms with E-state index in [1.165, 1.54) is 15.6 Å². The number of nitrogen functional groups attached to an aromatic ring is 2. The Morgan fingerprint density at radius 2 is 1.12 bits per heavy atom. The molecule has 0 aliphatic heterocycles. The fourth-order valence-corrected chi connectivity index (χ4v) is 6.92. The van der Waals surface area contributed by atoms with Gasteiger partial charge in [0.1, 0.15) is 44.9 Å². The number of hydrogen-bond acceptors (Lipinski definition) is 8. The summed E-state index contributed by atoms with van der Waals surface area (Å²) in [6, 6.07) is 10.6. The summed E-state index contributed by atoms with van der Waals surface area (Å²) < 4.78 is 26.2. The average Bonchev–Trinajstić information content (AvgIpc) is 3.39. The molecular weight excluding hydrogens is 650 g/mol. The first-order valence-corrected chi connectivity index (χ1v) is 15.9. The van der Waals surface area contributed by atoms with Crippen LogP contribution in [0.5, 0.6) is 0 Å². The molecule has 0 spiro atoms. The quantitative estimate of drug-likeness (QED) is 0.270. The van der Waals surface area contributed by atoms with Gasteiger partial charge in [-0.3, -0.25) is 8.42 Å². The minimum absolute atomic E-state index is 0.00367. The molecule has 16 heteroatoms. The van der Waals surface area contributed by atoms with Crippen LogP contribution in [0.25, 0.3) is 11.4 Å². The van der Waals surface area contributed by atoms with Crippen molar-refractivity contribution in [2.24, 2.45) is 0 Å². The average molecular weight is 672 g/mol. The molecule has 2 aromatic carbocycles. The fraction of sp³-hybridized carbons (Fsp3) is 0.200. The van der Waals surface area contributed by atoms with Crippen molar-refractivity contribution in [1.82, 2.24) is 19.6 Å². The first-order chi connectivity index (χ1) is 19.3. The number of aromatic nitrogens is 4. The summed E-state index contributed by atoms with van der Waals surface area (Å²) in [7, 11) is -2.84. The van der Waals surface area contributed by atoms with Crippen LogP contribution in [0, 0.1) is 36.5 Å². The Balaban J connectivity index is 0.000000226. The van der Waals surface area contributed by atoms with Crippen LogP contribution in [0.2, 0.25) is 20.1 Å². The number of nitriles is 2. The molecule has 2 heterocycles. The summed E-state index contributed by atoms with van der Waals surface area (Å²) in [5.41, 5.74) is 14.4. The summed E-state index contributed by atoms with van der Waals surface area (Å²) in [6.45, 7) is 5.44. The van der Waals surface area contributed by atoms with E-state index in [9.17, 15) is 8.42 Å². The standard InChI is InChI=1S/C13H12Cl2N4OS.C12H10Cl2N4OS/c1-3-21(20)12-10(6-16)18-19(13(12)17)11-8(14)4-7(2)5-9(11)15;1-6-3-7(13)10(8(14)4-6)18-12(16)11(20(2)19)9(5-15)17-18/h4-5H,3,17H2,1-2H3;3-4H,16H2,1-2H3. The molecule has 0 saturated carbocycles.